The Bertz CT molecular complexity index is 1130. The van der Waals surface area contributed by atoms with Crippen LogP contribution in [0.3, 0.4) is 0 Å². The molecule has 158 valence electrons. The van der Waals surface area contributed by atoms with Gasteiger partial charge < -0.3 is 10.6 Å². The van der Waals surface area contributed by atoms with Crippen LogP contribution < -0.4 is 16.0 Å². The Morgan fingerprint density at radius 1 is 1.10 bits per heavy atom. The molecule has 4 heterocycles. The highest BCUT2D eigenvalue weighted by Gasteiger charge is 2.44. The SMILES string of the molecule is O=C1CCC(N2C(=O)c3ccc(CNc4ncc5c(n4)CCNC5)cc3C2=O)C(=O)N1. The summed E-state index contributed by atoms with van der Waals surface area (Å²) in [4.78, 5) is 59.1. The summed E-state index contributed by atoms with van der Waals surface area (Å²) in [6.07, 6.45) is 2.88. The van der Waals surface area contributed by atoms with Gasteiger partial charge in [-0.25, -0.2) is 9.97 Å². The summed E-state index contributed by atoms with van der Waals surface area (Å²) in [7, 11) is 0. The maximum absolute atomic E-state index is 12.9. The van der Waals surface area contributed by atoms with Crippen molar-refractivity contribution in [2.24, 2.45) is 0 Å². The number of aromatic nitrogens is 2. The Morgan fingerprint density at radius 3 is 2.77 bits per heavy atom. The maximum Gasteiger partial charge on any atom is 0.262 e. The Kier molecular flexibility index (Phi) is 4.70. The number of benzene rings is 1. The molecule has 4 amide bonds. The summed E-state index contributed by atoms with van der Waals surface area (Å²) in [5, 5.41) is 8.63. The van der Waals surface area contributed by atoms with Crippen molar-refractivity contribution < 1.29 is 19.2 Å². The summed E-state index contributed by atoms with van der Waals surface area (Å²) < 4.78 is 0. The van der Waals surface area contributed by atoms with Crippen LogP contribution in [0.25, 0.3) is 0 Å². The van der Waals surface area contributed by atoms with E-state index in [1.165, 1.54) is 0 Å². The van der Waals surface area contributed by atoms with E-state index in [0.29, 0.717) is 12.5 Å². The molecule has 0 spiro atoms. The lowest BCUT2D eigenvalue weighted by Gasteiger charge is -2.27. The third kappa shape index (κ3) is 3.44. The van der Waals surface area contributed by atoms with Gasteiger partial charge in [-0.05, 0) is 24.1 Å². The van der Waals surface area contributed by atoms with Gasteiger partial charge in [0, 0.05) is 44.2 Å². The molecule has 10 nitrogen and oxygen atoms in total. The lowest BCUT2D eigenvalue weighted by atomic mass is 10.0. The van der Waals surface area contributed by atoms with Crippen molar-refractivity contribution in [3.63, 3.8) is 0 Å². The molecule has 1 atom stereocenters. The maximum atomic E-state index is 12.9. The highest BCUT2D eigenvalue weighted by molar-refractivity contribution is 6.23. The fraction of sp³-hybridized carbons (Fsp3) is 0.333. The van der Waals surface area contributed by atoms with Crippen LogP contribution in [0, 0.1) is 0 Å². The van der Waals surface area contributed by atoms with Crippen LogP contribution in [0.2, 0.25) is 0 Å². The van der Waals surface area contributed by atoms with Gasteiger partial charge in [0.1, 0.15) is 6.04 Å². The Morgan fingerprint density at radius 2 is 1.94 bits per heavy atom. The van der Waals surface area contributed by atoms with E-state index < -0.39 is 29.7 Å². The van der Waals surface area contributed by atoms with Gasteiger partial charge in [-0.1, -0.05) is 6.07 Å². The molecule has 5 rings (SSSR count). The number of imide groups is 2. The zero-order valence-electron chi connectivity index (χ0n) is 16.6. The monoisotopic (exact) mass is 420 g/mol. The Labute approximate surface area is 177 Å². The van der Waals surface area contributed by atoms with E-state index in [2.05, 4.69) is 25.9 Å². The van der Waals surface area contributed by atoms with E-state index in [1.807, 2.05) is 0 Å². The zero-order chi connectivity index (χ0) is 21.5. The van der Waals surface area contributed by atoms with Crippen LogP contribution >= 0.6 is 0 Å². The van der Waals surface area contributed by atoms with Gasteiger partial charge in [-0.3, -0.25) is 29.4 Å². The van der Waals surface area contributed by atoms with Gasteiger partial charge in [-0.2, -0.15) is 0 Å². The molecule has 3 aliphatic rings. The first-order chi connectivity index (χ1) is 15.0. The van der Waals surface area contributed by atoms with E-state index in [1.54, 1.807) is 24.4 Å². The molecule has 2 aromatic rings. The van der Waals surface area contributed by atoms with E-state index in [9.17, 15) is 19.2 Å². The van der Waals surface area contributed by atoms with E-state index in [0.717, 1.165) is 41.2 Å². The number of hydrogen-bond donors (Lipinski definition) is 3. The fourth-order valence-electron chi connectivity index (χ4n) is 4.13. The van der Waals surface area contributed by atoms with E-state index in [4.69, 9.17) is 0 Å². The molecule has 1 saturated heterocycles. The quantitative estimate of drug-likeness (QED) is 0.595. The number of anilines is 1. The van der Waals surface area contributed by atoms with Gasteiger partial charge >= 0.3 is 0 Å². The van der Waals surface area contributed by atoms with Crippen molar-refractivity contribution in [1.29, 1.82) is 0 Å². The van der Waals surface area contributed by atoms with Gasteiger partial charge in [0.05, 0.1) is 16.8 Å². The minimum Gasteiger partial charge on any atom is -0.350 e. The number of rotatable bonds is 4. The standard InChI is InChI=1S/C21H20N6O4/c28-17-4-3-16(18(29)26-17)27-19(30)13-2-1-11(7-14(13)20(27)31)8-23-21-24-10-12-9-22-6-5-15(12)25-21/h1-2,7,10,16,22H,3-6,8-9H2,(H,23,24,25)(H,26,28,29). The molecular weight excluding hydrogens is 400 g/mol. The lowest BCUT2D eigenvalue weighted by molar-refractivity contribution is -0.136. The summed E-state index contributed by atoms with van der Waals surface area (Å²) in [6, 6.07) is 4.03. The number of carbonyl (C=O) groups excluding carboxylic acids is 4. The predicted octanol–water partition coefficient (Wildman–Crippen LogP) is 0.136. The van der Waals surface area contributed by atoms with Crippen LogP contribution in [0.4, 0.5) is 5.95 Å². The van der Waals surface area contributed by atoms with Gasteiger partial charge in [-0.15, -0.1) is 0 Å². The van der Waals surface area contributed by atoms with Gasteiger partial charge in [0.2, 0.25) is 17.8 Å². The number of carbonyl (C=O) groups is 4. The minimum atomic E-state index is -0.968. The van der Waals surface area contributed by atoms with Crippen molar-refractivity contribution in [1.82, 2.24) is 25.5 Å². The first kappa shape index (κ1) is 19.3. The van der Waals surface area contributed by atoms with Crippen LogP contribution in [-0.2, 0) is 29.1 Å². The number of nitrogens with zero attached hydrogens (tertiary/aromatic N) is 3. The smallest absolute Gasteiger partial charge is 0.262 e. The molecule has 31 heavy (non-hydrogen) atoms. The van der Waals surface area contributed by atoms with E-state index in [-0.39, 0.29) is 24.0 Å². The zero-order valence-corrected chi connectivity index (χ0v) is 16.6. The summed E-state index contributed by atoms with van der Waals surface area (Å²) in [5.74, 6) is -1.54. The number of hydrogen-bond acceptors (Lipinski definition) is 8. The Balaban J connectivity index is 1.32. The molecule has 1 fully saturated rings. The van der Waals surface area contributed by atoms with Crippen molar-refractivity contribution in [3.8, 4) is 0 Å². The van der Waals surface area contributed by atoms with E-state index >= 15 is 0 Å². The lowest BCUT2D eigenvalue weighted by Crippen LogP contribution is -2.54. The van der Waals surface area contributed by atoms with Gasteiger partial charge in [0.15, 0.2) is 0 Å². The van der Waals surface area contributed by atoms with Crippen molar-refractivity contribution in [2.75, 3.05) is 11.9 Å². The first-order valence-corrected chi connectivity index (χ1v) is 10.1. The van der Waals surface area contributed by atoms with Crippen LogP contribution in [-0.4, -0.2) is 51.1 Å². The van der Waals surface area contributed by atoms with Crippen molar-refractivity contribution in [2.45, 2.75) is 38.4 Å². The van der Waals surface area contributed by atoms with Crippen molar-refractivity contribution in [3.05, 3.63) is 52.3 Å². The molecule has 3 aliphatic heterocycles. The fourth-order valence-corrected chi connectivity index (χ4v) is 4.13. The molecule has 10 heteroatoms. The molecule has 0 radical (unpaired) electrons. The molecule has 1 aromatic carbocycles. The second-order valence-corrected chi connectivity index (χ2v) is 7.77. The number of amides is 4. The molecule has 1 aromatic heterocycles. The molecule has 3 N–H and O–H groups in total. The highest BCUT2D eigenvalue weighted by atomic mass is 16.2. The predicted molar refractivity (Wildman–Crippen MR) is 108 cm³/mol. The number of nitrogens with one attached hydrogen (secondary N) is 3. The summed E-state index contributed by atoms with van der Waals surface area (Å²) in [5.41, 5.74) is 3.41. The van der Waals surface area contributed by atoms with Gasteiger partial charge in [0.25, 0.3) is 11.8 Å². The normalized spacial score (nSPS) is 20.4. The summed E-state index contributed by atoms with van der Waals surface area (Å²) >= 11 is 0. The third-order valence-corrected chi connectivity index (χ3v) is 5.76. The molecular formula is C21H20N6O4. The highest BCUT2D eigenvalue weighted by Crippen LogP contribution is 2.28. The minimum absolute atomic E-state index is 0.0931. The average molecular weight is 420 g/mol. The Hall–Kier alpha value is -3.66. The topological polar surface area (TPSA) is 133 Å². The summed E-state index contributed by atoms with van der Waals surface area (Å²) in [6.45, 7) is 2.03. The van der Waals surface area contributed by atoms with Crippen LogP contribution in [0.1, 0.15) is 50.4 Å². The number of fused-ring (bicyclic) bond motifs is 2. The third-order valence-electron chi connectivity index (χ3n) is 5.76. The number of piperidine rings is 1. The molecule has 0 aliphatic carbocycles. The van der Waals surface area contributed by atoms with Crippen molar-refractivity contribution >= 4 is 29.6 Å². The molecule has 0 saturated carbocycles. The van der Waals surface area contributed by atoms with Crippen LogP contribution in [0.5, 0.6) is 0 Å². The second kappa shape index (κ2) is 7.55. The largest absolute Gasteiger partial charge is 0.350 e. The van der Waals surface area contributed by atoms with Crippen LogP contribution in [0.15, 0.2) is 24.4 Å². The molecule has 1 unspecified atom stereocenters. The molecule has 0 bridgehead atoms. The second-order valence-electron chi connectivity index (χ2n) is 7.77. The average Bonchev–Trinajstić information content (AvgIpc) is 3.02. The first-order valence-electron chi connectivity index (χ1n) is 10.1.